The van der Waals surface area contributed by atoms with Crippen LogP contribution in [0.15, 0.2) is 30.3 Å². The Morgan fingerprint density at radius 3 is 2.90 bits per heavy atom. The number of rotatable bonds is 3. The van der Waals surface area contributed by atoms with Gasteiger partial charge in [-0.1, -0.05) is 39.3 Å². The molecule has 0 unspecified atom stereocenters. The third-order valence-electron chi connectivity index (χ3n) is 4.28. The highest BCUT2D eigenvalue weighted by Gasteiger charge is 2.26. The Balaban J connectivity index is 2.09. The van der Waals surface area contributed by atoms with Gasteiger partial charge in [0.1, 0.15) is 5.75 Å². The smallest absolute Gasteiger partial charge is 0.128 e. The molecular weight excluding hydrogens is 260 g/mol. The number of hydrogen-bond acceptors (Lipinski definition) is 2. The number of aromatic nitrogens is 2. The van der Waals surface area contributed by atoms with E-state index in [0.29, 0.717) is 0 Å². The van der Waals surface area contributed by atoms with Crippen LogP contribution < -0.4 is 4.74 Å². The topological polar surface area (TPSA) is 27.1 Å². The van der Waals surface area contributed by atoms with E-state index in [1.807, 2.05) is 6.07 Å². The van der Waals surface area contributed by atoms with Crippen LogP contribution >= 0.6 is 0 Å². The van der Waals surface area contributed by atoms with Crippen LogP contribution in [0, 0.1) is 0 Å². The van der Waals surface area contributed by atoms with Gasteiger partial charge in [-0.3, -0.25) is 4.68 Å². The van der Waals surface area contributed by atoms with E-state index in [9.17, 15) is 0 Å². The zero-order valence-corrected chi connectivity index (χ0v) is 13.2. The molecule has 0 amide bonds. The predicted molar refractivity (Wildman–Crippen MR) is 85.7 cm³/mol. The lowest BCUT2D eigenvalue weighted by Gasteiger charge is -2.21. The average molecular weight is 284 g/mol. The van der Waals surface area contributed by atoms with E-state index in [-0.39, 0.29) is 5.41 Å². The molecule has 112 valence electrons. The second-order valence-corrected chi connectivity index (χ2v) is 6.47. The zero-order chi connectivity index (χ0) is 14.9. The lowest BCUT2D eigenvalue weighted by molar-refractivity contribution is 0.294. The first-order chi connectivity index (χ1) is 10.1. The third kappa shape index (κ3) is 2.69. The summed E-state index contributed by atoms with van der Waals surface area (Å²) in [4.78, 5) is 0. The maximum Gasteiger partial charge on any atom is 0.128 e. The summed E-state index contributed by atoms with van der Waals surface area (Å²) in [6.07, 6.45) is 3.33. The Labute approximate surface area is 126 Å². The van der Waals surface area contributed by atoms with Crippen molar-refractivity contribution in [3.05, 3.63) is 36.0 Å². The average Bonchev–Trinajstić information content (AvgIpc) is 2.86. The number of para-hydroxylation sites is 1. The molecule has 0 bridgehead atoms. The number of ether oxygens (including phenoxy) is 1. The summed E-state index contributed by atoms with van der Waals surface area (Å²) in [5.74, 6) is 0.971. The fourth-order valence-corrected chi connectivity index (χ4v) is 3.09. The van der Waals surface area contributed by atoms with Gasteiger partial charge in [0.25, 0.3) is 0 Å². The van der Waals surface area contributed by atoms with Crippen LogP contribution in [0.2, 0.25) is 0 Å². The van der Waals surface area contributed by atoms with E-state index >= 15 is 0 Å². The fraction of sp³-hybridized carbons (Fsp3) is 0.500. The van der Waals surface area contributed by atoms with Gasteiger partial charge in [0.15, 0.2) is 0 Å². The van der Waals surface area contributed by atoms with Crippen LogP contribution in [0.1, 0.15) is 45.7 Å². The normalized spacial score (nSPS) is 14.6. The minimum absolute atomic E-state index is 0.124. The molecule has 2 aromatic rings. The van der Waals surface area contributed by atoms with Gasteiger partial charge in [-0.05, 0) is 24.6 Å². The summed E-state index contributed by atoms with van der Waals surface area (Å²) < 4.78 is 8.05. The molecule has 2 heterocycles. The van der Waals surface area contributed by atoms with Crippen molar-refractivity contribution >= 4 is 0 Å². The van der Waals surface area contributed by atoms with E-state index in [0.717, 1.165) is 37.3 Å². The van der Waals surface area contributed by atoms with Crippen LogP contribution in [0.4, 0.5) is 0 Å². The Hall–Kier alpha value is -1.77. The molecule has 0 saturated carbocycles. The molecule has 0 N–H and O–H groups in total. The van der Waals surface area contributed by atoms with E-state index in [1.165, 1.54) is 17.8 Å². The van der Waals surface area contributed by atoms with Crippen molar-refractivity contribution in [1.29, 1.82) is 0 Å². The predicted octanol–water partition coefficient (Wildman–Crippen LogP) is 4.41. The quantitative estimate of drug-likeness (QED) is 0.834. The molecule has 0 spiro atoms. The van der Waals surface area contributed by atoms with Crippen molar-refractivity contribution in [2.75, 3.05) is 6.61 Å². The van der Waals surface area contributed by atoms with Gasteiger partial charge in [-0.15, -0.1) is 0 Å². The first-order valence-corrected chi connectivity index (χ1v) is 7.92. The molecule has 0 fully saturated rings. The lowest BCUT2D eigenvalue weighted by Crippen LogP contribution is -2.18. The van der Waals surface area contributed by atoms with E-state index in [1.54, 1.807) is 0 Å². The Morgan fingerprint density at radius 2 is 2.10 bits per heavy atom. The monoisotopic (exact) mass is 284 g/mol. The summed E-state index contributed by atoms with van der Waals surface area (Å²) in [7, 11) is 0. The summed E-state index contributed by atoms with van der Waals surface area (Å²) in [5.41, 5.74) is 3.65. The molecule has 1 aromatic carbocycles. The number of hydrogen-bond donors (Lipinski definition) is 0. The Kier molecular flexibility index (Phi) is 3.75. The third-order valence-corrected chi connectivity index (χ3v) is 4.28. The fourth-order valence-electron chi connectivity index (χ4n) is 3.09. The molecule has 3 heteroatoms. The van der Waals surface area contributed by atoms with Crippen LogP contribution in [0.3, 0.4) is 0 Å². The number of fused-ring (bicyclic) bond motifs is 3. The zero-order valence-electron chi connectivity index (χ0n) is 13.2. The second kappa shape index (κ2) is 5.55. The minimum atomic E-state index is 0.124. The summed E-state index contributed by atoms with van der Waals surface area (Å²) >= 11 is 0. The molecule has 0 saturated heterocycles. The molecule has 0 radical (unpaired) electrons. The van der Waals surface area contributed by atoms with Crippen molar-refractivity contribution in [1.82, 2.24) is 9.78 Å². The highest BCUT2D eigenvalue weighted by atomic mass is 16.5. The molecule has 21 heavy (non-hydrogen) atoms. The van der Waals surface area contributed by atoms with Crippen molar-refractivity contribution in [2.45, 2.75) is 52.0 Å². The van der Waals surface area contributed by atoms with Crippen molar-refractivity contribution in [2.24, 2.45) is 0 Å². The van der Waals surface area contributed by atoms with Crippen molar-refractivity contribution in [3.63, 3.8) is 0 Å². The van der Waals surface area contributed by atoms with Crippen molar-refractivity contribution < 1.29 is 4.74 Å². The van der Waals surface area contributed by atoms with Gasteiger partial charge in [-0.2, -0.15) is 5.10 Å². The molecule has 0 aliphatic carbocycles. The maximum absolute atomic E-state index is 5.89. The van der Waals surface area contributed by atoms with Crippen LogP contribution in [-0.4, -0.2) is 16.4 Å². The van der Waals surface area contributed by atoms with E-state index in [2.05, 4.69) is 49.7 Å². The first kappa shape index (κ1) is 14.2. The molecule has 3 rings (SSSR count). The van der Waals surface area contributed by atoms with Gasteiger partial charge < -0.3 is 4.74 Å². The summed E-state index contributed by atoms with van der Waals surface area (Å²) in [6, 6.07) is 10.5. The molecule has 1 aliphatic rings. The van der Waals surface area contributed by atoms with Gasteiger partial charge in [0, 0.05) is 23.9 Å². The minimum Gasteiger partial charge on any atom is -0.493 e. The SMILES string of the molecule is CCCC(C)(C)c1cc2n(n1)CCCOc1ccccc1-2. The van der Waals surface area contributed by atoms with Crippen LogP contribution in [0.25, 0.3) is 11.3 Å². The molecule has 1 aromatic heterocycles. The lowest BCUT2D eigenvalue weighted by atomic mass is 9.84. The van der Waals surface area contributed by atoms with E-state index < -0.39 is 0 Å². The van der Waals surface area contributed by atoms with Gasteiger partial charge >= 0.3 is 0 Å². The summed E-state index contributed by atoms with van der Waals surface area (Å²) in [6.45, 7) is 8.48. The largest absolute Gasteiger partial charge is 0.493 e. The number of nitrogens with zero attached hydrogens (tertiary/aromatic N) is 2. The Morgan fingerprint density at radius 1 is 1.29 bits per heavy atom. The highest BCUT2D eigenvalue weighted by Crippen LogP contribution is 2.35. The highest BCUT2D eigenvalue weighted by molar-refractivity contribution is 5.68. The van der Waals surface area contributed by atoms with E-state index in [4.69, 9.17) is 9.84 Å². The van der Waals surface area contributed by atoms with Crippen LogP contribution in [-0.2, 0) is 12.0 Å². The standard InChI is InChI=1S/C18H24N2O/c1-4-10-18(2,3)17-13-15-14-8-5-6-9-16(14)21-12-7-11-20(15)19-17/h5-6,8-9,13H,4,7,10-12H2,1-3H3. The first-order valence-electron chi connectivity index (χ1n) is 7.92. The summed E-state index contributed by atoms with van der Waals surface area (Å²) in [5, 5.41) is 4.90. The van der Waals surface area contributed by atoms with Crippen molar-refractivity contribution in [3.8, 4) is 17.0 Å². The molecule has 3 nitrogen and oxygen atoms in total. The van der Waals surface area contributed by atoms with Gasteiger partial charge in [0.05, 0.1) is 18.0 Å². The molecule has 0 atom stereocenters. The van der Waals surface area contributed by atoms with Crippen LogP contribution in [0.5, 0.6) is 5.75 Å². The van der Waals surface area contributed by atoms with Gasteiger partial charge in [-0.25, -0.2) is 0 Å². The number of aryl methyl sites for hydroxylation is 1. The molecular formula is C18H24N2O. The Bertz CT molecular complexity index is 628. The second-order valence-electron chi connectivity index (χ2n) is 6.47. The van der Waals surface area contributed by atoms with Gasteiger partial charge in [0.2, 0.25) is 0 Å². The molecule has 1 aliphatic heterocycles. The number of benzene rings is 1. The maximum atomic E-state index is 5.89.